The number of carbonyl (C=O) groups is 2. The summed E-state index contributed by atoms with van der Waals surface area (Å²) in [7, 11) is 0. The van der Waals surface area contributed by atoms with Crippen LogP contribution in [0.4, 0.5) is 15.8 Å². The van der Waals surface area contributed by atoms with Crippen molar-refractivity contribution in [1.29, 1.82) is 0 Å². The number of hydrogen-bond donors (Lipinski definition) is 2. The molecular weight excluding hydrogens is 319 g/mol. The van der Waals surface area contributed by atoms with Gasteiger partial charge in [-0.25, -0.2) is 4.39 Å². The number of carbonyl (C=O) groups excluding carboxylic acids is 2. The standard InChI is InChI=1S/C17H16ClFN2O2/c1-17(2,15(22)20-13-8-6-12(19)7-9-13)16(23)21-14-5-3-4-11(18)10-14/h3-10H,1-2H3,(H,20,22)(H,21,23). The Morgan fingerprint density at radius 1 is 0.957 bits per heavy atom. The quantitative estimate of drug-likeness (QED) is 0.828. The largest absolute Gasteiger partial charge is 0.325 e. The molecule has 2 N–H and O–H groups in total. The molecule has 0 atom stereocenters. The second-order valence-electron chi connectivity index (χ2n) is 5.55. The van der Waals surface area contributed by atoms with E-state index < -0.39 is 23.0 Å². The highest BCUT2D eigenvalue weighted by Crippen LogP contribution is 2.23. The number of rotatable bonds is 4. The first kappa shape index (κ1) is 17.0. The maximum atomic E-state index is 12.9. The first-order chi connectivity index (χ1) is 10.8. The lowest BCUT2D eigenvalue weighted by molar-refractivity contribution is -0.135. The number of amides is 2. The Hall–Kier alpha value is -2.40. The van der Waals surface area contributed by atoms with E-state index in [4.69, 9.17) is 11.6 Å². The summed E-state index contributed by atoms with van der Waals surface area (Å²) < 4.78 is 12.9. The van der Waals surface area contributed by atoms with Gasteiger partial charge in [-0.1, -0.05) is 17.7 Å². The van der Waals surface area contributed by atoms with Crippen molar-refractivity contribution >= 4 is 34.8 Å². The van der Waals surface area contributed by atoms with Gasteiger partial charge < -0.3 is 10.6 Å². The van der Waals surface area contributed by atoms with E-state index in [0.29, 0.717) is 16.4 Å². The fourth-order valence-electron chi connectivity index (χ4n) is 1.78. The second kappa shape index (κ2) is 6.79. The molecule has 0 radical (unpaired) electrons. The summed E-state index contributed by atoms with van der Waals surface area (Å²) in [5.41, 5.74) is -0.401. The number of hydrogen-bond acceptors (Lipinski definition) is 2. The molecule has 0 aliphatic heterocycles. The van der Waals surface area contributed by atoms with Crippen LogP contribution >= 0.6 is 11.6 Å². The topological polar surface area (TPSA) is 58.2 Å². The Balaban J connectivity index is 2.08. The average molecular weight is 335 g/mol. The van der Waals surface area contributed by atoms with Crippen LogP contribution < -0.4 is 10.6 Å². The molecule has 4 nitrogen and oxygen atoms in total. The SMILES string of the molecule is CC(C)(C(=O)Nc1ccc(F)cc1)C(=O)Nc1cccc(Cl)c1. The van der Waals surface area contributed by atoms with Gasteiger partial charge in [0, 0.05) is 16.4 Å². The number of nitrogens with one attached hydrogen (secondary N) is 2. The van der Waals surface area contributed by atoms with Crippen molar-refractivity contribution in [3.63, 3.8) is 0 Å². The molecule has 0 spiro atoms. The van der Waals surface area contributed by atoms with Crippen molar-refractivity contribution < 1.29 is 14.0 Å². The fourth-order valence-corrected chi connectivity index (χ4v) is 1.97. The molecule has 0 aliphatic carbocycles. The highest BCUT2D eigenvalue weighted by atomic mass is 35.5. The van der Waals surface area contributed by atoms with Gasteiger partial charge in [-0.3, -0.25) is 9.59 Å². The molecule has 2 aromatic carbocycles. The van der Waals surface area contributed by atoms with E-state index >= 15 is 0 Å². The van der Waals surface area contributed by atoms with E-state index in [1.54, 1.807) is 24.3 Å². The van der Waals surface area contributed by atoms with Gasteiger partial charge in [-0.15, -0.1) is 0 Å². The van der Waals surface area contributed by atoms with Crippen LogP contribution in [0.1, 0.15) is 13.8 Å². The lowest BCUT2D eigenvalue weighted by Crippen LogP contribution is -2.41. The molecule has 2 amide bonds. The molecule has 0 fully saturated rings. The monoisotopic (exact) mass is 334 g/mol. The minimum Gasteiger partial charge on any atom is -0.325 e. The highest BCUT2D eigenvalue weighted by Gasteiger charge is 2.36. The molecule has 0 unspecified atom stereocenters. The third kappa shape index (κ3) is 4.29. The Kier molecular flexibility index (Phi) is 5.01. The summed E-state index contributed by atoms with van der Waals surface area (Å²) in [6, 6.07) is 12.0. The van der Waals surface area contributed by atoms with Gasteiger partial charge in [0.2, 0.25) is 11.8 Å². The van der Waals surface area contributed by atoms with E-state index in [1.807, 2.05) is 0 Å². The van der Waals surface area contributed by atoms with Crippen LogP contribution in [0.2, 0.25) is 5.02 Å². The minimum atomic E-state index is -1.32. The maximum absolute atomic E-state index is 12.9. The Labute approximate surface area is 138 Å². The summed E-state index contributed by atoms with van der Waals surface area (Å²) in [4.78, 5) is 24.7. The third-order valence-corrected chi connectivity index (χ3v) is 3.55. The van der Waals surface area contributed by atoms with Crippen LogP contribution in [0, 0.1) is 11.2 Å². The van der Waals surface area contributed by atoms with Crippen LogP contribution in [-0.4, -0.2) is 11.8 Å². The average Bonchev–Trinajstić information content (AvgIpc) is 2.49. The molecule has 0 aromatic heterocycles. The first-order valence-electron chi connectivity index (χ1n) is 6.93. The van der Waals surface area contributed by atoms with Gasteiger partial charge in [-0.2, -0.15) is 0 Å². The van der Waals surface area contributed by atoms with E-state index in [9.17, 15) is 14.0 Å². The molecule has 23 heavy (non-hydrogen) atoms. The molecule has 2 aromatic rings. The summed E-state index contributed by atoms with van der Waals surface area (Å²) >= 11 is 5.86. The van der Waals surface area contributed by atoms with Crippen molar-refractivity contribution in [2.75, 3.05) is 10.6 Å². The summed E-state index contributed by atoms with van der Waals surface area (Å²) in [5.74, 6) is -1.37. The van der Waals surface area contributed by atoms with Crippen molar-refractivity contribution in [2.24, 2.45) is 5.41 Å². The summed E-state index contributed by atoms with van der Waals surface area (Å²) in [6.07, 6.45) is 0. The van der Waals surface area contributed by atoms with E-state index in [0.717, 1.165) is 0 Å². The van der Waals surface area contributed by atoms with Crippen LogP contribution in [-0.2, 0) is 9.59 Å². The van der Waals surface area contributed by atoms with Crippen molar-refractivity contribution in [3.8, 4) is 0 Å². The van der Waals surface area contributed by atoms with Gasteiger partial charge in [0.05, 0.1) is 0 Å². The number of halogens is 2. The fraction of sp³-hybridized carbons (Fsp3) is 0.176. The molecule has 6 heteroatoms. The van der Waals surface area contributed by atoms with Gasteiger partial charge in [0.15, 0.2) is 0 Å². The van der Waals surface area contributed by atoms with Gasteiger partial charge >= 0.3 is 0 Å². The Morgan fingerprint density at radius 2 is 1.52 bits per heavy atom. The smallest absolute Gasteiger partial charge is 0.239 e. The molecule has 0 heterocycles. The number of anilines is 2. The first-order valence-corrected chi connectivity index (χ1v) is 7.31. The number of benzene rings is 2. The molecule has 0 aliphatic rings. The third-order valence-electron chi connectivity index (χ3n) is 3.32. The van der Waals surface area contributed by atoms with Crippen LogP contribution in [0.3, 0.4) is 0 Å². The van der Waals surface area contributed by atoms with E-state index in [-0.39, 0.29) is 0 Å². The summed E-state index contributed by atoms with van der Waals surface area (Å²) in [6.45, 7) is 3.01. The normalized spacial score (nSPS) is 11.0. The van der Waals surface area contributed by atoms with E-state index in [2.05, 4.69) is 10.6 Å². The minimum absolute atomic E-state index is 0.402. The zero-order valence-electron chi connectivity index (χ0n) is 12.7. The molecule has 0 saturated heterocycles. The molecule has 0 bridgehead atoms. The van der Waals surface area contributed by atoms with Gasteiger partial charge in [0.25, 0.3) is 0 Å². The molecule has 0 saturated carbocycles. The highest BCUT2D eigenvalue weighted by molar-refractivity contribution is 6.31. The van der Waals surface area contributed by atoms with Crippen molar-refractivity contribution in [1.82, 2.24) is 0 Å². The Morgan fingerprint density at radius 3 is 2.09 bits per heavy atom. The molecule has 120 valence electrons. The zero-order valence-corrected chi connectivity index (χ0v) is 13.4. The lowest BCUT2D eigenvalue weighted by atomic mass is 9.90. The van der Waals surface area contributed by atoms with Crippen LogP contribution in [0.5, 0.6) is 0 Å². The van der Waals surface area contributed by atoms with E-state index in [1.165, 1.54) is 38.1 Å². The zero-order chi connectivity index (χ0) is 17.0. The maximum Gasteiger partial charge on any atom is 0.239 e. The van der Waals surface area contributed by atoms with Crippen molar-refractivity contribution in [2.45, 2.75) is 13.8 Å². The predicted molar refractivity (Wildman–Crippen MR) is 88.9 cm³/mol. The lowest BCUT2D eigenvalue weighted by Gasteiger charge is -2.22. The van der Waals surface area contributed by atoms with Crippen LogP contribution in [0.25, 0.3) is 0 Å². The van der Waals surface area contributed by atoms with Gasteiger partial charge in [0.1, 0.15) is 11.2 Å². The molecule has 2 rings (SSSR count). The predicted octanol–water partition coefficient (Wildman–Crippen LogP) is 4.08. The summed E-state index contributed by atoms with van der Waals surface area (Å²) in [5, 5.41) is 5.73. The Bertz CT molecular complexity index is 730. The van der Waals surface area contributed by atoms with Crippen LogP contribution in [0.15, 0.2) is 48.5 Å². The van der Waals surface area contributed by atoms with Gasteiger partial charge in [-0.05, 0) is 56.3 Å². The van der Waals surface area contributed by atoms with Crippen molar-refractivity contribution in [3.05, 3.63) is 59.4 Å². The second-order valence-corrected chi connectivity index (χ2v) is 5.99. The molecular formula is C17H16ClFN2O2.